The van der Waals surface area contributed by atoms with Crippen LogP contribution in [0.2, 0.25) is 0 Å². The molecule has 2 unspecified atom stereocenters. The van der Waals surface area contributed by atoms with Gasteiger partial charge in [-0.1, -0.05) is 40.5 Å². The van der Waals surface area contributed by atoms with E-state index in [1.165, 1.54) is 0 Å². The van der Waals surface area contributed by atoms with Gasteiger partial charge < -0.3 is 40.9 Å². The summed E-state index contributed by atoms with van der Waals surface area (Å²) in [5.74, 6) is 0.155. The Morgan fingerprint density at radius 3 is 1.33 bits per heavy atom. The molecule has 0 aromatic carbocycles. The number of unbranched alkanes of at least 4 members (excludes halogenated alkanes) is 2. The van der Waals surface area contributed by atoms with Gasteiger partial charge >= 0.3 is 0 Å². The number of phosphoric ester groups is 2. The fourth-order valence-electron chi connectivity index (χ4n) is 2.63. The van der Waals surface area contributed by atoms with Crippen molar-refractivity contribution in [3.05, 3.63) is 0 Å². The van der Waals surface area contributed by atoms with Crippen molar-refractivity contribution in [2.24, 2.45) is 10.8 Å². The normalized spacial score (nSPS) is 16.0. The first-order valence-electron chi connectivity index (χ1n) is 9.40. The van der Waals surface area contributed by atoms with Crippen molar-refractivity contribution in [3.8, 4) is 0 Å². The Bertz CT molecular complexity index is 526. The van der Waals surface area contributed by atoms with E-state index in [0.717, 1.165) is 12.8 Å². The lowest BCUT2D eigenvalue weighted by molar-refractivity contribution is -0.223. The van der Waals surface area contributed by atoms with Crippen LogP contribution in [0.5, 0.6) is 0 Å². The Hall–Kier alpha value is -0.190. The van der Waals surface area contributed by atoms with Crippen LogP contribution in [0, 0.1) is 10.8 Å². The lowest BCUT2D eigenvalue weighted by Crippen LogP contribution is -2.20. The molecular weight excluding hydrogens is 438 g/mol. The number of rotatable bonds is 16. The van der Waals surface area contributed by atoms with E-state index in [9.17, 15) is 23.7 Å². The number of carbonyl (C=O) groups excluding carboxylic acids is 1. The molecule has 0 saturated carbocycles. The highest BCUT2D eigenvalue weighted by Gasteiger charge is 2.21. The van der Waals surface area contributed by atoms with E-state index in [4.69, 9.17) is 9.79 Å². The average Bonchev–Trinajstić information content (AvgIpc) is 2.51. The second kappa shape index (κ2) is 14.8. The molecule has 0 radical (unpaired) electrons. The molecule has 0 aliphatic heterocycles. The van der Waals surface area contributed by atoms with Gasteiger partial charge in [0.05, 0.1) is 13.2 Å². The van der Waals surface area contributed by atoms with E-state index >= 15 is 0 Å². The van der Waals surface area contributed by atoms with Gasteiger partial charge in [-0.05, 0) is 36.5 Å². The van der Waals surface area contributed by atoms with Gasteiger partial charge in [0.15, 0.2) is 0 Å². The first kappa shape index (κ1) is 34.4. The Kier molecular flexibility index (Phi) is 17.0. The summed E-state index contributed by atoms with van der Waals surface area (Å²) < 4.78 is 30.1. The minimum atomic E-state index is -4.71. The molecular formula is C17H42N2O9P2. The van der Waals surface area contributed by atoms with E-state index in [2.05, 4.69) is 9.05 Å². The Balaban J connectivity index is -0.00000364. The van der Waals surface area contributed by atoms with Crippen molar-refractivity contribution >= 4 is 21.4 Å². The highest BCUT2D eigenvalue weighted by molar-refractivity contribution is 7.45. The molecule has 0 aliphatic carbocycles. The second-order valence-corrected chi connectivity index (χ2v) is 11.2. The number of Topliss-reactive ketones (excluding diaryl/α,β-unsaturated/α-hetero) is 1. The molecule has 0 heterocycles. The summed E-state index contributed by atoms with van der Waals surface area (Å²) in [7, 11) is -9.42. The van der Waals surface area contributed by atoms with Crippen LogP contribution >= 0.6 is 15.6 Å². The Morgan fingerprint density at radius 1 is 0.767 bits per heavy atom. The summed E-state index contributed by atoms with van der Waals surface area (Å²) in [5.41, 5.74) is -0.829. The minimum absolute atomic E-state index is 0. The highest BCUT2D eigenvalue weighted by atomic mass is 31.2. The monoisotopic (exact) mass is 480 g/mol. The van der Waals surface area contributed by atoms with Crippen LogP contribution in [-0.4, -0.2) is 28.8 Å². The van der Waals surface area contributed by atoms with Crippen LogP contribution in [0.4, 0.5) is 0 Å². The maximum absolute atomic E-state index is 11.9. The molecule has 0 spiro atoms. The molecule has 0 aliphatic rings. The topological polar surface area (TPSA) is 229 Å². The van der Waals surface area contributed by atoms with Crippen molar-refractivity contribution in [1.29, 1.82) is 0 Å². The lowest BCUT2D eigenvalue weighted by atomic mass is 9.87. The zero-order valence-electron chi connectivity index (χ0n) is 19.2. The summed E-state index contributed by atoms with van der Waals surface area (Å²) in [6.45, 7) is 7.12. The third-order valence-corrected chi connectivity index (χ3v) is 5.27. The summed E-state index contributed by atoms with van der Waals surface area (Å²) >= 11 is 0. The molecule has 184 valence electrons. The summed E-state index contributed by atoms with van der Waals surface area (Å²) in [6.07, 6.45) is 5.14. The zero-order valence-corrected chi connectivity index (χ0v) is 21.0. The van der Waals surface area contributed by atoms with Crippen molar-refractivity contribution in [2.45, 2.75) is 79.1 Å². The second-order valence-electron chi connectivity index (χ2n) is 8.77. The predicted octanol–water partition coefficient (Wildman–Crippen LogP) is 3.44. The molecule has 0 fully saturated rings. The first-order chi connectivity index (χ1) is 12.5. The van der Waals surface area contributed by atoms with Crippen LogP contribution in [0.1, 0.15) is 79.1 Å². The fraction of sp³-hybridized carbons (Fsp3) is 0.941. The lowest BCUT2D eigenvalue weighted by Gasteiger charge is -2.27. The number of phosphoric acid groups is 2. The maximum atomic E-state index is 11.9. The van der Waals surface area contributed by atoms with Gasteiger partial charge in [0.1, 0.15) is 5.78 Å². The van der Waals surface area contributed by atoms with Gasteiger partial charge in [-0.15, -0.1) is 0 Å². The molecule has 13 heteroatoms. The smallest absolute Gasteiger partial charge is 0.265 e. The van der Waals surface area contributed by atoms with E-state index in [1.54, 1.807) is 0 Å². The average molecular weight is 480 g/mol. The molecule has 10 N–H and O–H groups in total. The third kappa shape index (κ3) is 22.5. The molecule has 0 rings (SSSR count). The van der Waals surface area contributed by atoms with Gasteiger partial charge in [0, 0.05) is 12.8 Å². The van der Waals surface area contributed by atoms with E-state index in [0.29, 0.717) is 38.5 Å². The maximum Gasteiger partial charge on any atom is 0.265 e. The quantitative estimate of drug-likeness (QED) is 0.187. The molecule has 0 saturated heterocycles. The van der Waals surface area contributed by atoms with Gasteiger partial charge in [-0.2, -0.15) is 0 Å². The third-order valence-electron chi connectivity index (χ3n) is 4.36. The molecule has 0 aromatic rings. The van der Waals surface area contributed by atoms with Crippen LogP contribution in [-0.2, 0) is 23.0 Å². The molecule has 0 bridgehead atoms. The summed E-state index contributed by atoms with van der Waals surface area (Å²) in [6, 6.07) is 0. The zero-order chi connectivity index (χ0) is 22.1. The Morgan fingerprint density at radius 2 is 1.07 bits per heavy atom. The van der Waals surface area contributed by atoms with Crippen molar-refractivity contribution < 1.29 is 42.5 Å². The van der Waals surface area contributed by atoms with Crippen molar-refractivity contribution in [1.82, 2.24) is 12.3 Å². The largest absolute Gasteiger partial charge is 0.756 e. The summed E-state index contributed by atoms with van der Waals surface area (Å²) in [4.78, 5) is 50.5. The minimum Gasteiger partial charge on any atom is -0.756 e. The highest BCUT2D eigenvalue weighted by Crippen LogP contribution is 2.36. The van der Waals surface area contributed by atoms with E-state index < -0.39 is 26.5 Å². The summed E-state index contributed by atoms with van der Waals surface area (Å²) in [5, 5.41) is 0. The number of carbonyl (C=O) groups is 1. The van der Waals surface area contributed by atoms with Gasteiger partial charge in [-0.3, -0.25) is 13.9 Å². The van der Waals surface area contributed by atoms with E-state index in [1.807, 2.05) is 27.7 Å². The predicted molar refractivity (Wildman–Crippen MR) is 113 cm³/mol. The number of quaternary nitrogens is 2. The SMILES string of the molecule is CC(C)(CCCCC(=O)CCCCC(C)(C)COP(=O)([O-])O)COP(=O)([O-])O.[NH4+].[NH4+]. The van der Waals surface area contributed by atoms with Crippen LogP contribution in [0.25, 0.3) is 0 Å². The Labute approximate surface area is 180 Å². The van der Waals surface area contributed by atoms with Crippen LogP contribution in [0.15, 0.2) is 0 Å². The molecule has 0 aromatic heterocycles. The van der Waals surface area contributed by atoms with Gasteiger partial charge in [0.2, 0.25) is 0 Å². The van der Waals surface area contributed by atoms with Crippen molar-refractivity contribution in [2.75, 3.05) is 13.2 Å². The number of hydrogen-bond acceptors (Lipinski definition) is 7. The number of ketones is 1. The van der Waals surface area contributed by atoms with Crippen LogP contribution in [0.3, 0.4) is 0 Å². The molecule has 11 nitrogen and oxygen atoms in total. The fourth-order valence-corrected chi connectivity index (χ4v) is 3.66. The molecule has 2 atom stereocenters. The first-order valence-corrected chi connectivity index (χ1v) is 12.4. The van der Waals surface area contributed by atoms with Crippen LogP contribution < -0.4 is 22.1 Å². The standard InChI is InChI=1S/C17H36O9P2.2H3N/c1-16(2,13-25-27(19,20)21)11-7-5-9-15(18)10-6-8-12-17(3,4)14-26-28(22,23)24;;/h5-14H2,1-4H3,(H2,19,20,21)(H2,22,23,24);2*1H3. The molecule has 30 heavy (non-hydrogen) atoms. The van der Waals surface area contributed by atoms with E-state index in [-0.39, 0.29) is 31.3 Å². The van der Waals surface area contributed by atoms with Gasteiger partial charge in [-0.25, -0.2) is 0 Å². The number of hydrogen-bond donors (Lipinski definition) is 4. The van der Waals surface area contributed by atoms with Gasteiger partial charge in [0.25, 0.3) is 15.6 Å². The van der Waals surface area contributed by atoms with Crippen molar-refractivity contribution in [3.63, 3.8) is 0 Å². The molecule has 0 amide bonds.